The van der Waals surface area contributed by atoms with Crippen molar-refractivity contribution < 1.29 is 17.6 Å². The summed E-state index contributed by atoms with van der Waals surface area (Å²) in [5.41, 5.74) is -0.784. The van der Waals surface area contributed by atoms with Gasteiger partial charge in [0.05, 0.1) is 5.56 Å². The standard InChI is InChI=1S/C15H22F4N2/c1-4-21(5-2)10-11(3)20-9-12-6-7-14(16)13(8-12)15(17,18)19/h6-8,11,20H,4-5,9-10H2,1-3H3. The highest BCUT2D eigenvalue weighted by Crippen LogP contribution is 2.31. The maximum atomic E-state index is 13.2. The number of nitrogens with zero attached hydrogens (tertiary/aromatic N) is 1. The molecule has 0 heterocycles. The van der Waals surface area contributed by atoms with Crippen LogP contribution in [0.15, 0.2) is 18.2 Å². The molecule has 1 atom stereocenters. The molecule has 21 heavy (non-hydrogen) atoms. The summed E-state index contributed by atoms with van der Waals surface area (Å²) in [5.74, 6) is -1.23. The van der Waals surface area contributed by atoms with Gasteiger partial charge in [-0.2, -0.15) is 13.2 Å². The minimum atomic E-state index is -4.66. The van der Waals surface area contributed by atoms with Crippen LogP contribution in [0.1, 0.15) is 31.9 Å². The van der Waals surface area contributed by atoms with Gasteiger partial charge in [-0.15, -0.1) is 0 Å². The smallest absolute Gasteiger partial charge is 0.309 e. The topological polar surface area (TPSA) is 15.3 Å². The van der Waals surface area contributed by atoms with Gasteiger partial charge in [-0.1, -0.05) is 19.9 Å². The van der Waals surface area contributed by atoms with E-state index in [9.17, 15) is 17.6 Å². The van der Waals surface area contributed by atoms with Crippen LogP contribution in [0.3, 0.4) is 0 Å². The van der Waals surface area contributed by atoms with E-state index >= 15 is 0 Å². The molecule has 2 nitrogen and oxygen atoms in total. The van der Waals surface area contributed by atoms with Crippen LogP contribution in [0, 0.1) is 5.82 Å². The SMILES string of the molecule is CCN(CC)CC(C)NCc1ccc(F)c(C(F)(F)F)c1. The van der Waals surface area contributed by atoms with E-state index in [0.717, 1.165) is 31.8 Å². The van der Waals surface area contributed by atoms with E-state index in [1.54, 1.807) is 0 Å². The summed E-state index contributed by atoms with van der Waals surface area (Å²) in [6.07, 6.45) is -4.66. The molecule has 0 bridgehead atoms. The summed E-state index contributed by atoms with van der Waals surface area (Å²) < 4.78 is 51.1. The number of benzene rings is 1. The van der Waals surface area contributed by atoms with Crippen LogP contribution < -0.4 is 5.32 Å². The Hall–Kier alpha value is -1.14. The van der Waals surface area contributed by atoms with Crippen molar-refractivity contribution in [2.45, 2.75) is 39.5 Å². The third-order valence-electron chi connectivity index (χ3n) is 3.42. The van der Waals surface area contributed by atoms with E-state index in [1.165, 1.54) is 6.07 Å². The van der Waals surface area contributed by atoms with Crippen molar-refractivity contribution in [3.8, 4) is 0 Å². The molecular weight excluding hydrogens is 284 g/mol. The maximum Gasteiger partial charge on any atom is 0.419 e. The fraction of sp³-hybridized carbons (Fsp3) is 0.600. The highest BCUT2D eigenvalue weighted by molar-refractivity contribution is 5.27. The summed E-state index contributed by atoms with van der Waals surface area (Å²) in [6, 6.07) is 3.26. The average molecular weight is 306 g/mol. The summed E-state index contributed by atoms with van der Waals surface area (Å²) in [5, 5.41) is 3.16. The Labute approximate surface area is 123 Å². The van der Waals surface area contributed by atoms with Gasteiger partial charge in [0.2, 0.25) is 0 Å². The van der Waals surface area contributed by atoms with Crippen LogP contribution in [-0.4, -0.2) is 30.6 Å². The quantitative estimate of drug-likeness (QED) is 0.773. The third kappa shape index (κ3) is 5.63. The van der Waals surface area contributed by atoms with Crippen LogP contribution in [0.4, 0.5) is 17.6 Å². The number of likely N-dealkylation sites (N-methyl/N-ethyl adjacent to an activating group) is 1. The Bertz CT molecular complexity index is 442. The second kappa shape index (κ2) is 7.75. The molecule has 1 rings (SSSR count). The number of nitrogens with one attached hydrogen (secondary N) is 1. The monoisotopic (exact) mass is 306 g/mol. The Kier molecular flexibility index (Phi) is 6.61. The molecule has 120 valence electrons. The normalized spacial score (nSPS) is 13.7. The van der Waals surface area contributed by atoms with Crippen LogP contribution in [0.2, 0.25) is 0 Å². The zero-order valence-electron chi connectivity index (χ0n) is 12.6. The van der Waals surface area contributed by atoms with Gasteiger partial charge in [-0.3, -0.25) is 0 Å². The van der Waals surface area contributed by atoms with Gasteiger partial charge in [0.25, 0.3) is 0 Å². The molecule has 0 fully saturated rings. The Morgan fingerprint density at radius 2 is 1.81 bits per heavy atom. The lowest BCUT2D eigenvalue weighted by Gasteiger charge is -2.23. The summed E-state index contributed by atoms with van der Waals surface area (Å²) >= 11 is 0. The molecule has 0 amide bonds. The molecule has 0 aliphatic rings. The fourth-order valence-corrected chi connectivity index (χ4v) is 2.13. The molecule has 1 unspecified atom stereocenters. The van der Waals surface area contributed by atoms with Crippen molar-refractivity contribution in [2.75, 3.05) is 19.6 Å². The van der Waals surface area contributed by atoms with Crippen molar-refractivity contribution in [3.63, 3.8) is 0 Å². The molecule has 1 aromatic rings. The van der Waals surface area contributed by atoms with E-state index in [1.807, 2.05) is 6.92 Å². The summed E-state index contributed by atoms with van der Waals surface area (Å²) in [6.45, 7) is 9.06. The summed E-state index contributed by atoms with van der Waals surface area (Å²) in [7, 11) is 0. The predicted molar refractivity (Wildman–Crippen MR) is 75.5 cm³/mol. The zero-order chi connectivity index (χ0) is 16.0. The molecule has 0 aliphatic carbocycles. The van der Waals surface area contributed by atoms with Gasteiger partial charge in [0.1, 0.15) is 5.82 Å². The van der Waals surface area contributed by atoms with Crippen LogP contribution >= 0.6 is 0 Å². The molecule has 6 heteroatoms. The van der Waals surface area contributed by atoms with E-state index < -0.39 is 17.6 Å². The highest BCUT2D eigenvalue weighted by Gasteiger charge is 2.34. The van der Waals surface area contributed by atoms with Crippen LogP contribution in [0.5, 0.6) is 0 Å². The Morgan fingerprint density at radius 1 is 1.19 bits per heavy atom. The molecule has 0 aromatic heterocycles. The van der Waals surface area contributed by atoms with E-state index in [2.05, 4.69) is 24.1 Å². The largest absolute Gasteiger partial charge is 0.419 e. The lowest BCUT2D eigenvalue weighted by Crippen LogP contribution is -2.38. The molecule has 0 radical (unpaired) electrons. The van der Waals surface area contributed by atoms with Crippen molar-refractivity contribution in [1.82, 2.24) is 10.2 Å². The van der Waals surface area contributed by atoms with Gasteiger partial charge >= 0.3 is 6.18 Å². The van der Waals surface area contributed by atoms with Gasteiger partial charge in [-0.05, 0) is 37.7 Å². The molecule has 1 aromatic carbocycles. The first-order chi connectivity index (χ1) is 9.77. The van der Waals surface area contributed by atoms with Gasteiger partial charge in [0, 0.05) is 19.1 Å². The Morgan fingerprint density at radius 3 is 2.33 bits per heavy atom. The number of hydrogen-bond donors (Lipinski definition) is 1. The number of halogens is 4. The average Bonchev–Trinajstić information content (AvgIpc) is 2.42. The summed E-state index contributed by atoms with van der Waals surface area (Å²) in [4.78, 5) is 2.23. The first-order valence-corrected chi connectivity index (χ1v) is 7.09. The first kappa shape index (κ1) is 17.9. The second-order valence-corrected chi connectivity index (χ2v) is 5.08. The molecular formula is C15H22F4N2. The number of alkyl halides is 3. The highest BCUT2D eigenvalue weighted by atomic mass is 19.4. The minimum absolute atomic E-state index is 0.143. The van der Waals surface area contributed by atoms with Crippen LogP contribution in [-0.2, 0) is 12.7 Å². The van der Waals surface area contributed by atoms with Crippen molar-refractivity contribution in [2.24, 2.45) is 0 Å². The molecule has 0 spiro atoms. The molecule has 0 saturated heterocycles. The van der Waals surface area contributed by atoms with Gasteiger partial charge in [0.15, 0.2) is 0 Å². The second-order valence-electron chi connectivity index (χ2n) is 5.08. The third-order valence-corrected chi connectivity index (χ3v) is 3.42. The van der Waals surface area contributed by atoms with Gasteiger partial charge in [-0.25, -0.2) is 4.39 Å². The van der Waals surface area contributed by atoms with Crippen molar-refractivity contribution >= 4 is 0 Å². The first-order valence-electron chi connectivity index (χ1n) is 7.09. The predicted octanol–water partition coefficient (Wildman–Crippen LogP) is 3.66. The maximum absolute atomic E-state index is 13.2. The number of hydrogen-bond acceptors (Lipinski definition) is 2. The zero-order valence-corrected chi connectivity index (χ0v) is 12.6. The number of rotatable bonds is 7. The molecule has 0 aliphatic heterocycles. The molecule has 0 saturated carbocycles. The van der Waals surface area contributed by atoms with Crippen molar-refractivity contribution in [1.29, 1.82) is 0 Å². The lowest BCUT2D eigenvalue weighted by atomic mass is 10.1. The molecule has 1 N–H and O–H groups in total. The van der Waals surface area contributed by atoms with Gasteiger partial charge < -0.3 is 10.2 Å². The van der Waals surface area contributed by atoms with E-state index in [-0.39, 0.29) is 12.6 Å². The van der Waals surface area contributed by atoms with Crippen LogP contribution in [0.25, 0.3) is 0 Å². The minimum Gasteiger partial charge on any atom is -0.309 e. The van der Waals surface area contributed by atoms with E-state index in [4.69, 9.17) is 0 Å². The fourth-order valence-electron chi connectivity index (χ4n) is 2.13. The van der Waals surface area contributed by atoms with Crippen molar-refractivity contribution in [3.05, 3.63) is 35.1 Å². The van der Waals surface area contributed by atoms with E-state index in [0.29, 0.717) is 5.56 Å². The lowest BCUT2D eigenvalue weighted by molar-refractivity contribution is -0.140. The Balaban J connectivity index is 2.64.